The Morgan fingerprint density at radius 1 is 1.40 bits per heavy atom. The Morgan fingerprint density at radius 3 is 2.80 bits per heavy atom. The zero-order chi connectivity index (χ0) is 14.7. The largest absolute Gasteiger partial charge is 0.368 e. The molecule has 0 aliphatic carbocycles. The summed E-state index contributed by atoms with van der Waals surface area (Å²) in [6.45, 7) is 4.01. The zero-order valence-electron chi connectivity index (χ0n) is 12.3. The maximum Gasteiger partial charge on any atom is 0.168 e. The summed E-state index contributed by atoms with van der Waals surface area (Å²) in [4.78, 5) is 8.18. The first-order valence-electron chi connectivity index (χ1n) is 7.04. The van der Waals surface area contributed by atoms with E-state index in [0.29, 0.717) is 6.54 Å². The van der Waals surface area contributed by atoms with Crippen LogP contribution in [0.2, 0.25) is 0 Å². The van der Waals surface area contributed by atoms with Crippen LogP contribution in [-0.4, -0.2) is 49.7 Å². The molecule has 1 atom stereocenters. The Kier molecular flexibility index (Phi) is 4.75. The molecule has 1 aromatic heterocycles. The van der Waals surface area contributed by atoms with Crippen molar-refractivity contribution in [2.45, 2.75) is 25.8 Å². The molecule has 1 aliphatic rings. The number of likely N-dealkylation sites (N-methyl/N-ethyl adjacent to an activating group) is 1. The van der Waals surface area contributed by atoms with Crippen molar-refractivity contribution in [3.8, 4) is 0 Å². The van der Waals surface area contributed by atoms with Gasteiger partial charge in [0.05, 0.1) is 0 Å². The van der Waals surface area contributed by atoms with Gasteiger partial charge >= 0.3 is 0 Å². The first kappa shape index (κ1) is 15.0. The van der Waals surface area contributed by atoms with Crippen LogP contribution >= 0.6 is 0 Å². The normalized spacial score (nSPS) is 18.9. The van der Waals surface area contributed by atoms with E-state index in [-0.39, 0.29) is 17.7 Å². The summed E-state index contributed by atoms with van der Waals surface area (Å²) in [5, 5.41) is 2.83. The van der Waals surface area contributed by atoms with Crippen LogP contribution in [0.25, 0.3) is 0 Å². The minimum atomic E-state index is -0.642. The number of anilines is 2. The van der Waals surface area contributed by atoms with E-state index in [2.05, 4.69) is 15.2 Å². The van der Waals surface area contributed by atoms with E-state index in [1.165, 1.54) is 0 Å². The molecule has 4 nitrogen and oxygen atoms in total. The summed E-state index contributed by atoms with van der Waals surface area (Å²) in [6, 6.07) is 1.15. The second-order valence-electron chi connectivity index (χ2n) is 5.41. The van der Waals surface area contributed by atoms with Gasteiger partial charge < -0.3 is 15.1 Å². The molecule has 1 unspecified atom stereocenters. The first-order valence-corrected chi connectivity index (χ1v) is 7.04. The molecule has 1 aromatic rings. The fourth-order valence-corrected chi connectivity index (χ4v) is 2.68. The minimum absolute atomic E-state index is 0.124. The highest BCUT2D eigenvalue weighted by Gasteiger charge is 2.29. The molecule has 2 rings (SSSR count). The summed E-state index contributed by atoms with van der Waals surface area (Å²) >= 11 is 0. The molecular weight excluding hydrogens is 262 g/mol. The van der Waals surface area contributed by atoms with Crippen molar-refractivity contribution in [3.05, 3.63) is 17.7 Å². The molecule has 2 heterocycles. The molecule has 0 radical (unpaired) electrons. The third kappa shape index (κ3) is 3.17. The van der Waals surface area contributed by atoms with Gasteiger partial charge in [0.2, 0.25) is 0 Å². The lowest BCUT2D eigenvalue weighted by molar-refractivity contribution is 0.370. The van der Waals surface area contributed by atoms with Crippen LogP contribution in [0.3, 0.4) is 0 Å². The van der Waals surface area contributed by atoms with Crippen molar-refractivity contribution in [3.63, 3.8) is 0 Å². The van der Waals surface area contributed by atoms with Crippen molar-refractivity contribution >= 4 is 11.6 Å². The van der Waals surface area contributed by atoms with Crippen LogP contribution in [0.15, 0.2) is 6.07 Å². The van der Waals surface area contributed by atoms with Gasteiger partial charge in [0.15, 0.2) is 23.3 Å². The van der Waals surface area contributed by atoms with Crippen LogP contribution < -0.4 is 10.2 Å². The smallest absolute Gasteiger partial charge is 0.168 e. The average molecular weight is 284 g/mol. The highest BCUT2D eigenvalue weighted by Crippen LogP contribution is 2.29. The Balaban J connectivity index is 2.28. The molecule has 1 N–H and O–H groups in total. The Labute approximate surface area is 118 Å². The Hall–Kier alpha value is -1.43. The average Bonchev–Trinajstić information content (AvgIpc) is 2.80. The molecule has 20 heavy (non-hydrogen) atoms. The van der Waals surface area contributed by atoms with Crippen molar-refractivity contribution in [2.75, 3.05) is 43.9 Å². The van der Waals surface area contributed by atoms with Gasteiger partial charge in [-0.3, -0.25) is 0 Å². The van der Waals surface area contributed by atoms with Crippen LogP contribution in [0.5, 0.6) is 0 Å². The summed E-state index contributed by atoms with van der Waals surface area (Å²) in [7, 11) is 3.99. The molecule has 1 saturated heterocycles. The number of rotatable bonds is 5. The molecule has 112 valence electrons. The van der Waals surface area contributed by atoms with E-state index in [1.54, 1.807) is 0 Å². The number of nitrogens with zero attached hydrogens (tertiary/aromatic N) is 3. The van der Waals surface area contributed by atoms with Crippen LogP contribution in [0, 0.1) is 11.6 Å². The number of hydrogen-bond acceptors (Lipinski definition) is 4. The molecule has 6 heteroatoms. The van der Waals surface area contributed by atoms with Crippen molar-refractivity contribution in [2.24, 2.45) is 0 Å². The molecular formula is C14H22F2N4. The number of halogens is 2. The minimum Gasteiger partial charge on any atom is -0.368 e. The van der Waals surface area contributed by atoms with Gasteiger partial charge in [0.25, 0.3) is 0 Å². The van der Waals surface area contributed by atoms with Gasteiger partial charge in [-0.25, -0.2) is 13.8 Å². The molecule has 1 aliphatic heterocycles. The predicted molar refractivity (Wildman–Crippen MR) is 77.2 cm³/mol. The summed E-state index contributed by atoms with van der Waals surface area (Å²) in [6.07, 6.45) is 2.01. The van der Waals surface area contributed by atoms with Gasteiger partial charge in [-0.15, -0.1) is 0 Å². The summed E-state index contributed by atoms with van der Waals surface area (Å²) in [5.74, 6) is -0.850. The van der Waals surface area contributed by atoms with E-state index in [1.807, 2.05) is 25.9 Å². The first-order chi connectivity index (χ1) is 9.52. The van der Waals surface area contributed by atoms with E-state index in [4.69, 9.17) is 0 Å². The lowest BCUT2D eigenvalue weighted by atomic mass is 10.2. The molecule has 1 fully saturated rings. The molecule has 0 spiro atoms. The van der Waals surface area contributed by atoms with Crippen LogP contribution in [0.4, 0.5) is 20.4 Å². The fourth-order valence-electron chi connectivity index (χ4n) is 2.68. The van der Waals surface area contributed by atoms with Crippen molar-refractivity contribution < 1.29 is 8.78 Å². The third-order valence-electron chi connectivity index (χ3n) is 3.48. The highest BCUT2D eigenvalue weighted by molar-refractivity contribution is 5.50. The Morgan fingerprint density at radius 2 is 2.15 bits per heavy atom. The van der Waals surface area contributed by atoms with E-state index >= 15 is 0 Å². The van der Waals surface area contributed by atoms with Crippen molar-refractivity contribution in [1.82, 2.24) is 9.88 Å². The quantitative estimate of drug-likeness (QED) is 0.899. The maximum atomic E-state index is 14.0. The molecule has 0 saturated carbocycles. The summed E-state index contributed by atoms with van der Waals surface area (Å²) < 4.78 is 27.7. The number of pyridine rings is 1. The topological polar surface area (TPSA) is 31.4 Å². The second-order valence-corrected chi connectivity index (χ2v) is 5.41. The standard InChI is InChI=1S/C14H22F2N4/c1-4-17-13-11(15)8-12(16)14(18-13)20-7-5-6-10(20)9-19(2)3/h8,10H,4-7,9H2,1-3H3,(H,17,18). The lowest BCUT2D eigenvalue weighted by Crippen LogP contribution is -2.38. The van der Waals surface area contributed by atoms with Gasteiger partial charge in [-0.2, -0.15) is 0 Å². The van der Waals surface area contributed by atoms with Gasteiger partial charge in [0, 0.05) is 31.7 Å². The van der Waals surface area contributed by atoms with E-state index in [9.17, 15) is 8.78 Å². The van der Waals surface area contributed by atoms with Gasteiger partial charge in [0.1, 0.15) is 0 Å². The molecule has 0 amide bonds. The highest BCUT2D eigenvalue weighted by atomic mass is 19.1. The summed E-state index contributed by atoms with van der Waals surface area (Å²) in [5.41, 5.74) is 0. The second kappa shape index (κ2) is 6.35. The molecule has 0 bridgehead atoms. The van der Waals surface area contributed by atoms with Crippen molar-refractivity contribution in [1.29, 1.82) is 0 Å². The number of nitrogens with one attached hydrogen (secondary N) is 1. The zero-order valence-corrected chi connectivity index (χ0v) is 12.3. The number of hydrogen-bond donors (Lipinski definition) is 1. The lowest BCUT2D eigenvalue weighted by Gasteiger charge is -2.28. The molecule has 0 aromatic carbocycles. The monoisotopic (exact) mass is 284 g/mol. The SMILES string of the molecule is CCNc1nc(N2CCCC2CN(C)C)c(F)cc1F. The van der Waals surface area contributed by atoms with E-state index < -0.39 is 11.6 Å². The predicted octanol–water partition coefficient (Wildman–Crippen LogP) is 2.32. The fraction of sp³-hybridized carbons (Fsp3) is 0.643. The maximum absolute atomic E-state index is 14.0. The van der Waals surface area contributed by atoms with Gasteiger partial charge in [-0.05, 0) is 33.9 Å². The van der Waals surface area contributed by atoms with Crippen LogP contribution in [0.1, 0.15) is 19.8 Å². The third-order valence-corrected chi connectivity index (χ3v) is 3.48. The Bertz CT molecular complexity index is 465. The van der Waals surface area contributed by atoms with Gasteiger partial charge in [-0.1, -0.05) is 0 Å². The van der Waals surface area contributed by atoms with E-state index in [0.717, 1.165) is 32.0 Å². The van der Waals surface area contributed by atoms with Crippen LogP contribution in [-0.2, 0) is 0 Å². The number of aromatic nitrogens is 1.